The van der Waals surface area contributed by atoms with Gasteiger partial charge in [-0.3, -0.25) is 0 Å². The van der Waals surface area contributed by atoms with E-state index in [0.29, 0.717) is 29.6 Å². The first-order valence-electron chi connectivity index (χ1n) is 5.08. The SMILES string of the molecule is N#CCSCc1nc(C2CCS(=O)(=O)C2)no1. The highest BCUT2D eigenvalue weighted by Gasteiger charge is 2.32. The summed E-state index contributed by atoms with van der Waals surface area (Å²) in [6.45, 7) is 0. The van der Waals surface area contributed by atoms with Gasteiger partial charge in [0.1, 0.15) is 0 Å². The zero-order valence-electron chi connectivity index (χ0n) is 9.00. The first-order valence-corrected chi connectivity index (χ1v) is 8.06. The van der Waals surface area contributed by atoms with Crippen LogP contribution < -0.4 is 0 Å². The van der Waals surface area contributed by atoms with E-state index in [0.717, 1.165) is 0 Å². The molecular weight excluding hydrogens is 262 g/mol. The van der Waals surface area contributed by atoms with Gasteiger partial charge >= 0.3 is 0 Å². The second kappa shape index (κ2) is 5.06. The topological polar surface area (TPSA) is 96.8 Å². The number of thioether (sulfide) groups is 1. The summed E-state index contributed by atoms with van der Waals surface area (Å²) in [5.74, 6) is 1.94. The van der Waals surface area contributed by atoms with Crippen LogP contribution in [0.2, 0.25) is 0 Å². The Morgan fingerprint density at radius 3 is 3.06 bits per heavy atom. The molecule has 8 heteroatoms. The molecule has 92 valence electrons. The number of sulfone groups is 1. The fraction of sp³-hybridized carbons (Fsp3) is 0.667. The van der Waals surface area contributed by atoms with E-state index in [9.17, 15) is 8.42 Å². The van der Waals surface area contributed by atoms with E-state index in [4.69, 9.17) is 9.78 Å². The van der Waals surface area contributed by atoms with Crippen molar-refractivity contribution in [1.82, 2.24) is 10.1 Å². The lowest BCUT2D eigenvalue weighted by atomic mass is 10.1. The van der Waals surface area contributed by atoms with Crippen molar-refractivity contribution < 1.29 is 12.9 Å². The van der Waals surface area contributed by atoms with Gasteiger partial charge in [0, 0.05) is 5.92 Å². The summed E-state index contributed by atoms with van der Waals surface area (Å²) in [6, 6.07) is 2.00. The van der Waals surface area contributed by atoms with Gasteiger partial charge in [-0.15, -0.1) is 11.8 Å². The number of hydrogen-bond acceptors (Lipinski definition) is 7. The van der Waals surface area contributed by atoms with Crippen LogP contribution >= 0.6 is 11.8 Å². The molecule has 0 saturated carbocycles. The molecule has 1 saturated heterocycles. The molecule has 1 atom stereocenters. The van der Waals surface area contributed by atoms with E-state index in [1.807, 2.05) is 6.07 Å². The summed E-state index contributed by atoms with van der Waals surface area (Å²) in [6.07, 6.45) is 0.562. The second-order valence-electron chi connectivity index (χ2n) is 3.80. The molecule has 1 aromatic rings. The van der Waals surface area contributed by atoms with Crippen molar-refractivity contribution in [2.75, 3.05) is 17.3 Å². The smallest absolute Gasteiger partial charge is 0.236 e. The third kappa shape index (κ3) is 3.20. The molecule has 1 aliphatic rings. The van der Waals surface area contributed by atoms with Gasteiger partial charge in [-0.25, -0.2) is 8.42 Å². The van der Waals surface area contributed by atoms with Gasteiger partial charge in [0.15, 0.2) is 15.7 Å². The molecule has 0 aliphatic carbocycles. The maximum Gasteiger partial charge on any atom is 0.236 e. The van der Waals surface area contributed by atoms with E-state index >= 15 is 0 Å². The zero-order valence-corrected chi connectivity index (χ0v) is 10.6. The monoisotopic (exact) mass is 273 g/mol. The van der Waals surface area contributed by atoms with Crippen LogP contribution in [0.4, 0.5) is 0 Å². The lowest BCUT2D eigenvalue weighted by molar-refractivity contribution is 0.382. The minimum atomic E-state index is -2.93. The van der Waals surface area contributed by atoms with Crippen LogP contribution in [-0.4, -0.2) is 35.8 Å². The van der Waals surface area contributed by atoms with E-state index in [-0.39, 0.29) is 17.4 Å². The Labute approximate surface area is 103 Å². The van der Waals surface area contributed by atoms with Gasteiger partial charge < -0.3 is 4.52 Å². The summed E-state index contributed by atoms with van der Waals surface area (Å²) >= 11 is 1.39. The van der Waals surface area contributed by atoms with Crippen LogP contribution in [0.25, 0.3) is 0 Å². The number of rotatable bonds is 4. The van der Waals surface area contributed by atoms with Gasteiger partial charge in [0.2, 0.25) is 5.89 Å². The Morgan fingerprint density at radius 2 is 2.41 bits per heavy atom. The number of hydrogen-bond donors (Lipinski definition) is 0. The Kier molecular flexibility index (Phi) is 3.69. The average Bonchev–Trinajstić information content (AvgIpc) is 2.85. The van der Waals surface area contributed by atoms with Gasteiger partial charge in [0.25, 0.3) is 0 Å². The van der Waals surface area contributed by atoms with E-state index in [1.165, 1.54) is 11.8 Å². The van der Waals surface area contributed by atoms with Crippen molar-refractivity contribution in [2.45, 2.75) is 18.1 Å². The summed E-state index contributed by atoms with van der Waals surface area (Å²) in [4.78, 5) is 4.16. The van der Waals surface area contributed by atoms with Gasteiger partial charge in [-0.1, -0.05) is 5.16 Å². The Bertz CT molecular complexity index is 532. The highest BCUT2D eigenvalue weighted by Crippen LogP contribution is 2.27. The number of aromatic nitrogens is 2. The van der Waals surface area contributed by atoms with E-state index in [2.05, 4.69) is 10.1 Å². The van der Waals surface area contributed by atoms with Crippen molar-refractivity contribution >= 4 is 21.6 Å². The average molecular weight is 273 g/mol. The molecule has 1 aromatic heterocycles. The second-order valence-corrected chi connectivity index (χ2v) is 7.01. The molecule has 0 aromatic carbocycles. The molecule has 0 N–H and O–H groups in total. The lowest BCUT2D eigenvalue weighted by Gasteiger charge is -1.97. The Morgan fingerprint density at radius 1 is 1.59 bits per heavy atom. The van der Waals surface area contributed by atoms with Crippen molar-refractivity contribution in [3.05, 3.63) is 11.7 Å². The third-order valence-corrected chi connectivity index (χ3v) is 5.03. The predicted octanol–water partition coefficient (Wildman–Crippen LogP) is 0.728. The minimum Gasteiger partial charge on any atom is -0.338 e. The summed E-state index contributed by atoms with van der Waals surface area (Å²) < 4.78 is 27.6. The first kappa shape index (κ1) is 12.4. The van der Waals surface area contributed by atoms with Crippen molar-refractivity contribution in [1.29, 1.82) is 5.26 Å². The van der Waals surface area contributed by atoms with Crippen LogP contribution in [-0.2, 0) is 15.6 Å². The summed E-state index contributed by atoms with van der Waals surface area (Å²) in [7, 11) is -2.93. The molecular formula is C9H11N3O3S2. The quantitative estimate of drug-likeness (QED) is 0.746. The molecule has 2 heterocycles. The Balaban J connectivity index is 1.97. The predicted molar refractivity (Wildman–Crippen MR) is 62.1 cm³/mol. The lowest BCUT2D eigenvalue weighted by Crippen LogP contribution is -2.05. The number of nitrogens with zero attached hydrogens (tertiary/aromatic N) is 3. The highest BCUT2D eigenvalue weighted by atomic mass is 32.2. The first-order chi connectivity index (χ1) is 8.11. The summed E-state index contributed by atoms with van der Waals surface area (Å²) in [5, 5.41) is 12.2. The largest absolute Gasteiger partial charge is 0.338 e. The van der Waals surface area contributed by atoms with Crippen LogP contribution in [0.3, 0.4) is 0 Å². The van der Waals surface area contributed by atoms with Crippen LogP contribution in [0.15, 0.2) is 4.52 Å². The molecule has 0 amide bonds. The van der Waals surface area contributed by atoms with Crippen molar-refractivity contribution in [2.24, 2.45) is 0 Å². The molecule has 1 aliphatic heterocycles. The molecule has 1 fully saturated rings. The zero-order chi connectivity index (χ0) is 12.3. The Hall–Kier alpha value is -1.07. The molecule has 0 spiro atoms. The maximum absolute atomic E-state index is 11.3. The molecule has 0 radical (unpaired) electrons. The molecule has 6 nitrogen and oxygen atoms in total. The standard InChI is InChI=1S/C9H11N3O3S2/c10-2-3-16-5-8-11-9(12-15-8)7-1-4-17(13,14)6-7/h7H,1,3-6H2. The van der Waals surface area contributed by atoms with Crippen molar-refractivity contribution in [3.8, 4) is 6.07 Å². The van der Waals surface area contributed by atoms with Crippen LogP contribution in [0, 0.1) is 11.3 Å². The van der Waals surface area contributed by atoms with Gasteiger partial charge in [-0.05, 0) is 6.42 Å². The minimum absolute atomic E-state index is 0.108. The maximum atomic E-state index is 11.3. The fourth-order valence-corrected chi connectivity index (χ4v) is 3.90. The van der Waals surface area contributed by atoms with E-state index in [1.54, 1.807) is 0 Å². The van der Waals surface area contributed by atoms with Gasteiger partial charge in [0.05, 0.1) is 29.1 Å². The number of nitriles is 1. The summed E-state index contributed by atoms with van der Waals surface area (Å²) in [5.41, 5.74) is 0. The van der Waals surface area contributed by atoms with E-state index < -0.39 is 9.84 Å². The van der Waals surface area contributed by atoms with Gasteiger partial charge in [-0.2, -0.15) is 10.2 Å². The highest BCUT2D eigenvalue weighted by molar-refractivity contribution is 7.98. The van der Waals surface area contributed by atoms with Crippen LogP contribution in [0.5, 0.6) is 0 Å². The molecule has 1 unspecified atom stereocenters. The molecule has 0 bridgehead atoms. The molecule has 17 heavy (non-hydrogen) atoms. The third-order valence-electron chi connectivity index (χ3n) is 2.47. The molecule has 2 rings (SSSR count). The fourth-order valence-electron chi connectivity index (χ4n) is 1.68. The van der Waals surface area contributed by atoms with Crippen molar-refractivity contribution in [3.63, 3.8) is 0 Å². The van der Waals surface area contributed by atoms with Crippen LogP contribution in [0.1, 0.15) is 24.1 Å². The normalized spacial score (nSPS) is 22.4.